The van der Waals surface area contributed by atoms with E-state index in [1.54, 1.807) is 13.2 Å². The molecule has 12 heavy (non-hydrogen) atoms. The van der Waals surface area contributed by atoms with E-state index in [4.69, 9.17) is 9.47 Å². The molecule has 0 bridgehead atoms. The van der Waals surface area contributed by atoms with E-state index in [1.807, 2.05) is 6.92 Å². The summed E-state index contributed by atoms with van der Waals surface area (Å²) in [7, 11) is 1.69. The number of nitrogens with one attached hydrogen (secondary N) is 1. The highest BCUT2D eigenvalue weighted by Crippen LogP contribution is 1.87. The second kappa shape index (κ2) is 8.71. The second-order valence-corrected chi connectivity index (χ2v) is 2.63. The van der Waals surface area contributed by atoms with Gasteiger partial charge in [-0.1, -0.05) is 6.08 Å². The predicted octanol–water partition coefficient (Wildman–Crippen LogP) is 0.813. The van der Waals surface area contributed by atoms with Gasteiger partial charge in [0.1, 0.15) is 0 Å². The summed E-state index contributed by atoms with van der Waals surface area (Å²) in [6.07, 6.45) is 1.99. The van der Waals surface area contributed by atoms with E-state index >= 15 is 0 Å². The molecule has 0 aromatic heterocycles. The average molecular weight is 173 g/mol. The number of ether oxygens (including phenoxy) is 2. The third-order valence-electron chi connectivity index (χ3n) is 1.41. The van der Waals surface area contributed by atoms with Crippen LogP contribution in [0.3, 0.4) is 0 Å². The van der Waals surface area contributed by atoms with Gasteiger partial charge >= 0.3 is 0 Å². The summed E-state index contributed by atoms with van der Waals surface area (Å²) in [4.78, 5) is 0. The van der Waals surface area contributed by atoms with Gasteiger partial charge in [0.25, 0.3) is 0 Å². The molecule has 0 amide bonds. The number of hydrogen-bond acceptors (Lipinski definition) is 3. The van der Waals surface area contributed by atoms with Crippen molar-refractivity contribution < 1.29 is 9.47 Å². The van der Waals surface area contributed by atoms with Crippen LogP contribution in [0.1, 0.15) is 6.92 Å². The molecule has 0 aliphatic carbocycles. The molecule has 0 heterocycles. The Kier molecular flexibility index (Phi) is 8.44. The van der Waals surface area contributed by atoms with Crippen LogP contribution in [0.25, 0.3) is 0 Å². The minimum absolute atomic E-state index is 0.236. The third-order valence-corrected chi connectivity index (χ3v) is 1.41. The highest BCUT2D eigenvalue weighted by atomic mass is 16.5. The fraction of sp³-hybridized carbons (Fsp3) is 0.778. The van der Waals surface area contributed by atoms with Crippen LogP contribution in [-0.4, -0.2) is 39.5 Å². The lowest BCUT2D eigenvalue weighted by Crippen LogP contribution is -2.29. The lowest BCUT2D eigenvalue weighted by atomic mass is 10.4. The van der Waals surface area contributed by atoms with Crippen molar-refractivity contribution >= 4 is 0 Å². The molecule has 0 fully saturated rings. The smallest absolute Gasteiger partial charge is 0.0675 e. The van der Waals surface area contributed by atoms with Crippen LogP contribution < -0.4 is 5.32 Å². The molecule has 0 radical (unpaired) electrons. The standard InChI is InChI=1S/C9H19NO2/c1-4-6-12-9(2)8-10-5-7-11-3/h4,9-10H,1,5-8H2,2-3H3. The van der Waals surface area contributed by atoms with Gasteiger partial charge in [-0.25, -0.2) is 0 Å². The number of rotatable bonds is 8. The Balaban J connectivity index is 3.07. The highest BCUT2D eigenvalue weighted by Gasteiger charge is 1.98. The van der Waals surface area contributed by atoms with Gasteiger partial charge in [-0.05, 0) is 6.92 Å². The maximum atomic E-state index is 5.35. The van der Waals surface area contributed by atoms with Gasteiger partial charge < -0.3 is 14.8 Å². The molecule has 1 unspecified atom stereocenters. The van der Waals surface area contributed by atoms with E-state index in [-0.39, 0.29) is 6.10 Å². The van der Waals surface area contributed by atoms with Gasteiger partial charge in [-0.3, -0.25) is 0 Å². The van der Waals surface area contributed by atoms with Crippen molar-refractivity contribution in [3.63, 3.8) is 0 Å². The molecule has 72 valence electrons. The topological polar surface area (TPSA) is 30.5 Å². The zero-order valence-electron chi connectivity index (χ0n) is 8.01. The van der Waals surface area contributed by atoms with Crippen molar-refractivity contribution in [3.8, 4) is 0 Å². The molecule has 1 atom stereocenters. The van der Waals surface area contributed by atoms with Gasteiger partial charge in [-0.15, -0.1) is 6.58 Å². The van der Waals surface area contributed by atoms with Gasteiger partial charge in [0, 0.05) is 20.2 Å². The summed E-state index contributed by atoms with van der Waals surface area (Å²) in [5, 5.41) is 3.21. The summed E-state index contributed by atoms with van der Waals surface area (Å²) in [5.74, 6) is 0. The fourth-order valence-corrected chi connectivity index (χ4v) is 0.771. The van der Waals surface area contributed by atoms with Crippen LogP contribution in [0.5, 0.6) is 0 Å². The maximum Gasteiger partial charge on any atom is 0.0675 e. The first-order chi connectivity index (χ1) is 5.81. The quantitative estimate of drug-likeness (QED) is 0.435. The number of methoxy groups -OCH3 is 1. The molecule has 0 spiro atoms. The molecular formula is C9H19NO2. The molecular weight excluding hydrogens is 154 g/mol. The Bertz CT molecular complexity index is 107. The van der Waals surface area contributed by atoms with Crippen molar-refractivity contribution in [1.29, 1.82) is 0 Å². The summed E-state index contributed by atoms with van der Waals surface area (Å²) in [6, 6.07) is 0. The molecule has 3 nitrogen and oxygen atoms in total. The van der Waals surface area contributed by atoms with E-state index in [1.165, 1.54) is 0 Å². The second-order valence-electron chi connectivity index (χ2n) is 2.63. The van der Waals surface area contributed by atoms with Crippen molar-refractivity contribution in [2.45, 2.75) is 13.0 Å². The van der Waals surface area contributed by atoms with E-state index < -0.39 is 0 Å². The van der Waals surface area contributed by atoms with E-state index in [2.05, 4.69) is 11.9 Å². The molecule has 0 aromatic carbocycles. The minimum Gasteiger partial charge on any atom is -0.383 e. The first-order valence-electron chi connectivity index (χ1n) is 4.23. The molecule has 3 heteroatoms. The average Bonchev–Trinajstić information content (AvgIpc) is 2.09. The zero-order chi connectivity index (χ0) is 9.23. The molecule has 0 aliphatic heterocycles. The van der Waals surface area contributed by atoms with Crippen LogP contribution in [0, 0.1) is 0 Å². The Morgan fingerprint density at radius 1 is 1.58 bits per heavy atom. The first kappa shape index (κ1) is 11.6. The Morgan fingerprint density at radius 3 is 2.92 bits per heavy atom. The van der Waals surface area contributed by atoms with Crippen LogP contribution in [0.4, 0.5) is 0 Å². The molecule has 0 aliphatic rings. The van der Waals surface area contributed by atoms with E-state index in [0.717, 1.165) is 19.7 Å². The third kappa shape index (κ3) is 7.72. The van der Waals surface area contributed by atoms with Crippen LogP contribution in [-0.2, 0) is 9.47 Å². The van der Waals surface area contributed by atoms with E-state index in [9.17, 15) is 0 Å². The Hall–Kier alpha value is -0.380. The van der Waals surface area contributed by atoms with Crippen molar-refractivity contribution in [3.05, 3.63) is 12.7 Å². The number of hydrogen-bond donors (Lipinski definition) is 1. The summed E-state index contributed by atoms with van der Waals surface area (Å²) < 4.78 is 10.2. The molecule has 0 rings (SSSR count). The molecule has 0 saturated heterocycles. The summed E-state index contributed by atoms with van der Waals surface area (Å²) in [6.45, 7) is 8.70. The molecule has 0 aromatic rings. The SMILES string of the molecule is C=CCOC(C)CNCCOC. The monoisotopic (exact) mass is 173 g/mol. The summed E-state index contributed by atoms with van der Waals surface area (Å²) in [5.41, 5.74) is 0. The van der Waals surface area contributed by atoms with E-state index in [0.29, 0.717) is 6.61 Å². The Labute approximate surface area is 74.7 Å². The van der Waals surface area contributed by atoms with Gasteiger partial charge in [0.05, 0.1) is 19.3 Å². The highest BCUT2D eigenvalue weighted by molar-refractivity contribution is 4.66. The van der Waals surface area contributed by atoms with Crippen molar-refractivity contribution in [2.75, 3.05) is 33.4 Å². The fourth-order valence-electron chi connectivity index (χ4n) is 0.771. The normalized spacial score (nSPS) is 12.8. The molecule has 1 N–H and O–H groups in total. The molecule has 0 saturated carbocycles. The van der Waals surface area contributed by atoms with Gasteiger partial charge in [0.15, 0.2) is 0 Å². The lowest BCUT2D eigenvalue weighted by Gasteiger charge is -2.12. The largest absolute Gasteiger partial charge is 0.383 e. The zero-order valence-corrected chi connectivity index (χ0v) is 8.01. The van der Waals surface area contributed by atoms with Gasteiger partial charge in [0.2, 0.25) is 0 Å². The first-order valence-corrected chi connectivity index (χ1v) is 4.23. The summed E-state index contributed by atoms with van der Waals surface area (Å²) >= 11 is 0. The minimum atomic E-state index is 0.236. The van der Waals surface area contributed by atoms with Gasteiger partial charge in [-0.2, -0.15) is 0 Å². The van der Waals surface area contributed by atoms with Crippen LogP contribution >= 0.6 is 0 Å². The predicted molar refractivity (Wildman–Crippen MR) is 50.4 cm³/mol. The van der Waals surface area contributed by atoms with Crippen LogP contribution in [0.15, 0.2) is 12.7 Å². The van der Waals surface area contributed by atoms with Crippen molar-refractivity contribution in [2.24, 2.45) is 0 Å². The Morgan fingerprint density at radius 2 is 2.33 bits per heavy atom. The maximum absolute atomic E-state index is 5.35. The van der Waals surface area contributed by atoms with Crippen LogP contribution in [0.2, 0.25) is 0 Å². The van der Waals surface area contributed by atoms with Crippen molar-refractivity contribution in [1.82, 2.24) is 5.32 Å². The lowest BCUT2D eigenvalue weighted by molar-refractivity contribution is 0.0859.